The van der Waals surface area contributed by atoms with E-state index < -0.39 is 0 Å². The summed E-state index contributed by atoms with van der Waals surface area (Å²) >= 11 is 0. The Morgan fingerprint density at radius 2 is 2.25 bits per heavy atom. The van der Waals surface area contributed by atoms with Crippen molar-refractivity contribution in [1.29, 1.82) is 0 Å². The molecule has 1 aliphatic carbocycles. The first-order chi connectivity index (χ1) is 3.81. The molecule has 0 spiro atoms. The van der Waals surface area contributed by atoms with Gasteiger partial charge in [-0.05, 0) is 25.2 Å². The van der Waals surface area contributed by atoms with Crippen LogP contribution in [-0.4, -0.2) is 0 Å². The molecule has 0 N–H and O–H groups in total. The maximum absolute atomic E-state index is 2.31. The lowest BCUT2D eigenvalue weighted by molar-refractivity contribution is 0.727. The fraction of sp³-hybridized carbons (Fsp3) is 0.750. The maximum Gasteiger partial charge on any atom is -0.0140 e. The van der Waals surface area contributed by atoms with Gasteiger partial charge >= 0.3 is 0 Å². The molecule has 1 fully saturated rings. The molecular formula is C8H14. The molecule has 0 amide bonds. The van der Waals surface area contributed by atoms with Gasteiger partial charge in [0.2, 0.25) is 0 Å². The molecule has 0 heteroatoms. The molecule has 1 aliphatic rings. The SMILES string of the molecule is CC=C1C(C)C1CC. The lowest BCUT2D eigenvalue weighted by Gasteiger charge is -1.78. The van der Waals surface area contributed by atoms with Gasteiger partial charge < -0.3 is 0 Å². The van der Waals surface area contributed by atoms with Crippen LogP contribution < -0.4 is 0 Å². The van der Waals surface area contributed by atoms with Gasteiger partial charge in [0.05, 0.1) is 0 Å². The predicted octanol–water partition coefficient (Wildman–Crippen LogP) is 2.61. The van der Waals surface area contributed by atoms with Crippen LogP contribution in [0.25, 0.3) is 0 Å². The molecule has 0 radical (unpaired) electrons. The molecule has 46 valence electrons. The van der Waals surface area contributed by atoms with Gasteiger partial charge in [0, 0.05) is 0 Å². The van der Waals surface area contributed by atoms with Crippen molar-refractivity contribution in [3.05, 3.63) is 11.6 Å². The molecule has 2 atom stereocenters. The highest BCUT2D eigenvalue weighted by Crippen LogP contribution is 2.46. The predicted molar refractivity (Wildman–Crippen MR) is 36.7 cm³/mol. The van der Waals surface area contributed by atoms with E-state index in [1.807, 2.05) is 0 Å². The second-order valence-corrected chi connectivity index (χ2v) is 2.59. The summed E-state index contributed by atoms with van der Waals surface area (Å²) in [7, 11) is 0. The number of allylic oxidation sites excluding steroid dienone is 2. The first-order valence-corrected chi connectivity index (χ1v) is 3.47. The standard InChI is InChI=1S/C8H14/c1-4-7-6(3)8(7)5-2/h4,6,8H,5H2,1-3H3. The zero-order valence-electron chi connectivity index (χ0n) is 5.94. The van der Waals surface area contributed by atoms with Crippen LogP contribution in [0.5, 0.6) is 0 Å². The van der Waals surface area contributed by atoms with Crippen LogP contribution in [0.1, 0.15) is 27.2 Å². The zero-order valence-corrected chi connectivity index (χ0v) is 5.94. The van der Waals surface area contributed by atoms with Crippen LogP contribution >= 0.6 is 0 Å². The molecule has 0 saturated heterocycles. The van der Waals surface area contributed by atoms with E-state index in [2.05, 4.69) is 26.8 Å². The van der Waals surface area contributed by atoms with E-state index >= 15 is 0 Å². The highest BCUT2D eigenvalue weighted by molar-refractivity contribution is 5.27. The maximum atomic E-state index is 2.31. The molecule has 0 aromatic rings. The van der Waals surface area contributed by atoms with E-state index in [4.69, 9.17) is 0 Å². The van der Waals surface area contributed by atoms with E-state index in [9.17, 15) is 0 Å². The summed E-state index contributed by atoms with van der Waals surface area (Å²) in [4.78, 5) is 0. The van der Waals surface area contributed by atoms with Gasteiger partial charge in [0.1, 0.15) is 0 Å². The summed E-state index contributed by atoms with van der Waals surface area (Å²) in [6, 6.07) is 0. The molecule has 0 bridgehead atoms. The minimum atomic E-state index is 0.907. The van der Waals surface area contributed by atoms with Crippen molar-refractivity contribution in [3.63, 3.8) is 0 Å². The van der Waals surface area contributed by atoms with Crippen LogP contribution in [-0.2, 0) is 0 Å². The zero-order chi connectivity index (χ0) is 6.15. The molecule has 1 rings (SSSR count). The summed E-state index contributed by atoms with van der Waals surface area (Å²) in [5, 5.41) is 0. The van der Waals surface area contributed by atoms with Crippen molar-refractivity contribution in [1.82, 2.24) is 0 Å². The quantitative estimate of drug-likeness (QED) is 0.455. The summed E-state index contributed by atoms with van der Waals surface area (Å²) in [5.41, 5.74) is 1.67. The third kappa shape index (κ3) is 0.683. The third-order valence-corrected chi connectivity index (χ3v) is 2.22. The molecule has 0 aromatic heterocycles. The molecule has 1 saturated carbocycles. The molecule has 0 aliphatic heterocycles. The Morgan fingerprint density at radius 3 is 2.38 bits per heavy atom. The Kier molecular flexibility index (Phi) is 1.41. The Morgan fingerprint density at radius 1 is 1.62 bits per heavy atom. The van der Waals surface area contributed by atoms with Gasteiger partial charge in [0.25, 0.3) is 0 Å². The van der Waals surface area contributed by atoms with E-state index in [1.165, 1.54) is 6.42 Å². The average molecular weight is 110 g/mol. The summed E-state index contributed by atoms with van der Waals surface area (Å²) in [6.07, 6.45) is 3.60. The van der Waals surface area contributed by atoms with Crippen LogP contribution in [0.4, 0.5) is 0 Å². The van der Waals surface area contributed by atoms with E-state index in [0.29, 0.717) is 0 Å². The van der Waals surface area contributed by atoms with Crippen molar-refractivity contribution in [2.24, 2.45) is 11.8 Å². The fourth-order valence-electron chi connectivity index (χ4n) is 1.56. The minimum absolute atomic E-state index is 0.907. The van der Waals surface area contributed by atoms with Gasteiger partial charge in [-0.2, -0.15) is 0 Å². The number of rotatable bonds is 1. The van der Waals surface area contributed by atoms with Crippen molar-refractivity contribution in [2.75, 3.05) is 0 Å². The van der Waals surface area contributed by atoms with Crippen molar-refractivity contribution in [2.45, 2.75) is 27.2 Å². The molecule has 0 nitrogen and oxygen atoms in total. The first kappa shape index (κ1) is 5.87. The fourth-order valence-corrected chi connectivity index (χ4v) is 1.56. The monoisotopic (exact) mass is 110 g/mol. The highest BCUT2D eigenvalue weighted by atomic mass is 14.4. The molecule has 8 heavy (non-hydrogen) atoms. The van der Waals surface area contributed by atoms with Crippen LogP contribution in [0.3, 0.4) is 0 Å². The van der Waals surface area contributed by atoms with Gasteiger partial charge in [-0.3, -0.25) is 0 Å². The van der Waals surface area contributed by atoms with Crippen molar-refractivity contribution in [3.8, 4) is 0 Å². The van der Waals surface area contributed by atoms with Gasteiger partial charge in [0.15, 0.2) is 0 Å². The second-order valence-electron chi connectivity index (χ2n) is 2.59. The normalized spacial score (nSPS) is 40.6. The van der Waals surface area contributed by atoms with Gasteiger partial charge in [-0.15, -0.1) is 0 Å². The Hall–Kier alpha value is -0.260. The third-order valence-electron chi connectivity index (χ3n) is 2.22. The summed E-state index contributed by atoms with van der Waals surface area (Å²) in [5.74, 6) is 1.85. The number of hydrogen-bond acceptors (Lipinski definition) is 0. The average Bonchev–Trinajstić information content (AvgIpc) is 2.40. The largest absolute Gasteiger partial charge is 0.0879 e. The van der Waals surface area contributed by atoms with Gasteiger partial charge in [-0.25, -0.2) is 0 Å². The minimum Gasteiger partial charge on any atom is -0.0879 e. The Bertz CT molecular complexity index is 111. The smallest absolute Gasteiger partial charge is 0.0140 e. The Labute approximate surface area is 51.6 Å². The lowest BCUT2D eigenvalue weighted by Crippen LogP contribution is -1.68. The van der Waals surface area contributed by atoms with Crippen LogP contribution in [0.2, 0.25) is 0 Å². The van der Waals surface area contributed by atoms with E-state index in [-0.39, 0.29) is 0 Å². The van der Waals surface area contributed by atoms with Gasteiger partial charge in [-0.1, -0.05) is 25.5 Å². The Balaban J connectivity index is 2.46. The van der Waals surface area contributed by atoms with Crippen LogP contribution in [0.15, 0.2) is 11.6 Å². The van der Waals surface area contributed by atoms with Crippen LogP contribution in [0, 0.1) is 11.8 Å². The van der Waals surface area contributed by atoms with E-state index in [1.54, 1.807) is 5.57 Å². The molecule has 2 unspecified atom stereocenters. The van der Waals surface area contributed by atoms with Crippen molar-refractivity contribution < 1.29 is 0 Å². The number of hydrogen-bond donors (Lipinski definition) is 0. The second kappa shape index (κ2) is 1.93. The van der Waals surface area contributed by atoms with E-state index in [0.717, 1.165) is 11.8 Å². The summed E-state index contributed by atoms with van der Waals surface area (Å²) < 4.78 is 0. The topological polar surface area (TPSA) is 0 Å². The molecule has 0 aromatic carbocycles. The summed E-state index contributed by atoms with van der Waals surface area (Å²) in [6.45, 7) is 6.71. The lowest BCUT2D eigenvalue weighted by atomic mass is 10.3. The highest BCUT2D eigenvalue weighted by Gasteiger charge is 2.36. The molecule has 0 heterocycles. The van der Waals surface area contributed by atoms with Crippen molar-refractivity contribution >= 4 is 0 Å². The molecular weight excluding hydrogens is 96.1 g/mol. The first-order valence-electron chi connectivity index (χ1n) is 3.47.